The van der Waals surface area contributed by atoms with Crippen LogP contribution < -0.4 is 5.32 Å². The summed E-state index contributed by atoms with van der Waals surface area (Å²) >= 11 is 1.35. The molecule has 0 spiro atoms. The number of hydrogen-bond donors (Lipinski definition) is 2. The summed E-state index contributed by atoms with van der Waals surface area (Å²) in [6.07, 6.45) is 0. The Balaban J connectivity index is 1.74. The topological polar surface area (TPSA) is 93.3 Å². The normalized spacial score (nSPS) is 10.8. The van der Waals surface area contributed by atoms with Crippen molar-refractivity contribution in [3.63, 3.8) is 0 Å². The summed E-state index contributed by atoms with van der Waals surface area (Å²) in [5.74, 6) is -0.838. The van der Waals surface area contributed by atoms with Gasteiger partial charge in [0.2, 0.25) is 0 Å². The summed E-state index contributed by atoms with van der Waals surface area (Å²) < 4.78 is 10.1. The number of aromatic nitrogens is 2. The molecule has 1 amide bonds. The van der Waals surface area contributed by atoms with Crippen molar-refractivity contribution in [2.45, 2.75) is 20.8 Å². The van der Waals surface area contributed by atoms with E-state index in [1.807, 2.05) is 36.6 Å². The highest BCUT2D eigenvalue weighted by Crippen LogP contribution is 2.26. The van der Waals surface area contributed by atoms with Crippen LogP contribution in [0, 0.1) is 20.8 Å². The number of benzene rings is 1. The molecule has 2 heterocycles. The van der Waals surface area contributed by atoms with Gasteiger partial charge in [-0.25, -0.2) is 9.78 Å². The number of methoxy groups -OCH3 is 1. The minimum atomic E-state index is -0.483. The number of amides is 1. The molecule has 0 saturated heterocycles. The zero-order valence-electron chi connectivity index (χ0n) is 16.8. The first-order valence-electron chi connectivity index (χ1n) is 9.10. The predicted octanol–water partition coefficient (Wildman–Crippen LogP) is 4.12. The van der Waals surface area contributed by atoms with Crippen molar-refractivity contribution >= 4 is 28.3 Å². The number of H-pyrrole nitrogens is 1. The van der Waals surface area contributed by atoms with Gasteiger partial charge in [0, 0.05) is 23.7 Å². The van der Waals surface area contributed by atoms with Crippen LogP contribution in [0.2, 0.25) is 0 Å². The molecule has 0 aliphatic rings. The number of nitrogens with zero attached hydrogens (tertiary/aromatic N) is 1. The average Bonchev–Trinajstić information content (AvgIpc) is 3.26. The molecule has 0 unspecified atom stereocenters. The van der Waals surface area contributed by atoms with E-state index in [-0.39, 0.29) is 12.5 Å². The molecule has 0 aliphatic heterocycles. The first-order valence-corrected chi connectivity index (χ1v) is 9.97. The van der Waals surface area contributed by atoms with Crippen LogP contribution in [0.5, 0.6) is 0 Å². The van der Waals surface area contributed by atoms with E-state index in [0.717, 1.165) is 11.3 Å². The van der Waals surface area contributed by atoms with Crippen molar-refractivity contribution in [1.82, 2.24) is 9.97 Å². The van der Waals surface area contributed by atoms with Crippen molar-refractivity contribution in [2.24, 2.45) is 0 Å². The van der Waals surface area contributed by atoms with E-state index in [1.54, 1.807) is 13.8 Å². The summed E-state index contributed by atoms with van der Waals surface area (Å²) in [7, 11) is 1.53. The van der Waals surface area contributed by atoms with Crippen molar-refractivity contribution in [3.05, 3.63) is 57.7 Å². The van der Waals surface area contributed by atoms with Crippen molar-refractivity contribution < 1.29 is 19.1 Å². The van der Waals surface area contributed by atoms with Gasteiger partial charge in [-0.15, -0.1) is 11.3 Å². The van der Waals surface area contributed by atoms with E-state index >= 15 is 0 Å². The molecule has 1 aromatic carbocycles. The molecule has 3 rings (SSSR count). The van der Waals surface area contributed by atoms with Gasteiger partial charge >= 0.3 is 5.97 Å². The van der Waals surface area contributed by atoms with Crippen LogP contribution in [-0.2, 0) is 9.47 Å². The third-order valence-corrected chi connectivity index (χ3v) is 5.22. The number of aryl methyl sites for hydroxylation is 2. The smallest absolute Gasteiger partial charge is 0.340 e. The Kier molecular flexibility index (Phi) is 6.46. The zero-order valence-corrected chi connectivity index (χ0v) is 17.6. The van der Waals surface area contributed by atoms with Gasteiger partial charge in [-0.05, 0) is 26.3 Å². The Morgan fingerprint density at radius 2 is 1.86 bits per heavy atom. The minimum absolute atomic E-state index is 0.155. The molecule has 0 fully saturated rings. The van der Waals surface area contributed by atoms with E-state index in [2.05, 4.69) is 15.3 Å². The molecular formula is C21H23N3O4S. The molecular weight excluding hydrogens is 390 g/mol. The van der Waals surface area contributed by atoms with E-state index in [1.165, 1.54) is 24.0 Å². The Morgan fingerprint density at radius 1 is 1.14 bits per heavy atom. The number of hydrogen-bond acceptors (Lipinski definition) is 6. The maximum Gasteiger partial charge on any atom is 0.340 e. The molecule has 8 heteroatoms. The Morgan fingerprint density at radius 3 is 2.55 bits per heavy atom. The maximum absolute atomic E-state index is 12.7. The number of rotatable bonds is 7. The van der Waals surface area contributed by atoms with Crippen LogP contribution in [0.15, 0.2) is 29.6 Å². The second-order valence-electron chi connectivity index (χ2n) is 6.61. The van der Waals surface area contributed by atoms with Gasteiger partial charge < -0.3 is 14.5 Å². The lowest BCUT2D eigenvalue weighted by molar-refractivity contribution is 0.0387. The molecule has 0 bridgehead atoms. The molecule has 0 radical (unpaired) electrons. The third kappa shape index (κ3) is 4.72. The number of esters is 1. The summed E-state index contributed by atoms with van der Waals surface area (Å²) in [5.41, 5.74) is 4.75. The molecule has 2 aromatic heterocycles. The number of aromatic amines is 1. The number of thiazole rings is 1. The lowest BCUT2D eigenvalue weighted by atomic mass is 10.1. The molecule has 3 aromatic rings. The lowest BCUT2D eigenvalue weighted by Gasteiger charge is -2.05. The summed E-state index contributed by atoms with van der Waals surface area (Å²) in [4.78, 5) is 32.5. The standard InChI is InChI=1S/C21H23N3O4S/c1-12-5-7-15(8-6-12)16-11-29-21(23-16)24-19(25)18-13(2)17(14(3)22-18)20(26)28-10-9-27-4/h5-8,11,22H,9-10H2,1-4H3,(H,23,24,25). The maximum atomic E-state index is 12.7. The molecule has 7 nitrogen and oxygen atoms in total. The molecule has 0 aliphatic carbocycles. The first kappa shape index (κ1) is 20.8. The van der Waals surface area contributed by atoms with Gasteiger partial charge in [-0.3, -0.25) is 10.1 Å². The highest BCUT2D eigenvalue weighted by molar-refractivity contribution is 7.14. The number of carbonyl (C=O) groups excluding carboxylic acids is 2. The van der Waals surface area contributed by atoms with Gasteiger partial charge in [-0.2, -0.15) is 0 Å². The van der Waals surface area contributed by atoms with Crippen LogP contribution in [0.1, 0.15) is 37.7 Å². The van der Waals surface area contributed by atoms with Crippen molar-refractivity contribution in [2.75, 3.05) is 25.6 Å². The average molecular weight is 413 g/mol. The van der Waals surface area contributed by atoms with Crippen LogP contribution in [0.25, 0.3) is 11.3 Å². The Labute approximate surface area is 173 Å². The molecule has 2 N–H and O–H groups in total. The quantitative estimate of drug-likeness (QED) is 0.449. The number of anilines is 1. The highest BCUT2D eigenvalue weighted by atomic mass is 32.1. The van der Waals surface area contributed by atoms with Crippen LogP contribution in [-0.4, -0.2) is 42.2 Å². The molecule has 0 saturated carbocycles. The number of nitrogens with one attached hydrogen (secondary N) is 2. The van der Waals surface area contributed by atoms with E-state index in [0.29, 0.717) is 34.3 Å². The second-order valence-corrected chi connectivity index (χ2v) is 7.47. The third-order valence-electron chi connectivity index (χ3n) is 4.46. The van der Waals surface area contributed by atoms with Crippen molar-refractivity contribution in [3.8, 4) is 11.3 Å². The molecule has 0 atom stereocenters. The van der Waals surface area contributed by atoms with Gasteiger partial charge in [0.05, 0.1) is 17.9 Å². The summed E-state index contributed by atoms with van der Waals surface area (Å²) in [5, 5.41) is 5.18. The lowest BCUT2D eigenvalue weighted by Crippen LogP contribution is -2.14. The SMILES string of the molecule is COCCOC(=O)c1c(C)[nH]c(C(=O)Nc2nc(-c3ccc(C)cc3)cs2)c1C. The summed E-state index contributed by atoms with van der Waals surface area (Å²) in [6.45, 7) is 5.94. The Hall–Kier alpha value is -2.97. The Bertz CT molecular complexity index is 1020. The van der Waals surface area contributed by atoms with Crippen molar-refractivity contribution in [1.29, 1.82) is 0 Å². The highest BCUT2D eigenvalue weighted by Gasteiger charge is 2.23. The van der Waals surface area contributed by atoms with Gasteiger partial charge in [-0.1, -0.05) is 29.8 Å². The van der Waals surface area contributed by atoms with Crippen LogP contribution >= 0.6 is 11.3 Å². The predicted molar refractivity (Wildman–Crippen MR) is 113 cm³/mol. The second kappa shape index (κ2) is 9.02. The monoisotopic (exact) mass is 413 g/mol. The van der Waals surface area contributed by atoms with E-state index < -0.39 is 5.97 Å². The zero-order chi connectivity index (χ0) is 21.0. The fraction of sp³-hybridized carbons (Fsp3) is 0.286. The van der Waals surface area contributed by atoms with Gasteiger partial charge in [0.15, 0.2) is 5.13 Å². The fourth-order valence-electron chi connectivity index (χ4n) is 2.92. The number of carbonyl (C=O) groups is 2. The minimum Gasteiger partial charge on any atom is -0.460 e. The summed E-state index contributed by atoms with van der Waals surface area (Å²) in [6, 6.07) is 8.03. The largest absolute Gasteiger partial charge is 0.460 e. The van der Waals surface area contributed by atoms with Gasteiger partial charge in [0.25, 0.3) is 5.91 Å². The van der Waals surface area contributed by atoms with Crippen LogP contribution in [0.3, 0.4) is 0 Å². The van der Waals surface area contributed by atoms with E-state index in [4.69, 9.17) is 9.47 Å². The first-order chi connectivity index (χ1) is 13.9. The van der Waals surface area contributed by atoms with Gasteiger partial charge in [0.1, 0.15) is 12.3 Å². The molecule has 29 heavy (non-hydrogen) atoms. The number of ether oxygens (including phenoxy) is 2. The van der Waals surface area contributed by atoms with E-state index in [9.17, 15) is 9.59 Å². The fourth-order valence-corrected chi connectivity index (χ4v) is 3.64. The molecule has 152 valence electrons. The van der Waals surface area contributed by atoms with Crippen LogP contribution in [0.4, 0.5) is 5.13 Å².